The Morgan fingerprint density at radius 1 is 1.53 bits per heavy atom. The molecular formula is C11H14N4O2. The standard InChI is InChI=1S/C11H14N4O2/c1-7(13)8(2)14-10-4-3-9(6-12)5-11(10)15(16)17/h3-5,7-8,14H,13H2,1-2H3. The number of nitriles is 1. The van der Waals surface area contributed by atoms with Gasteiger partial charge in [-0.3, -0.25) is 10.1 Å². The third-order valence-electron chi connectivity index (χ3n) is 2.50. The van der Waals surface area contributed by atoms with E-state index in [0.717, 1.165) is 0 Å². The zero-order chi connectivity index (χ0) is 13.0. The molecule has 3 N–H and O–H groups in total. The van der Waals surface area contributed by atoms with Crippen LogP contribution >= 0.6 is 0 Å². The Balaban J connectivity index is 3.08. The zero-order valence-corrected chi connectivity index (χ0v) is 9.68. The number of rotatable bonds is 4. The number of anilines is 1. The van der Waals surface area contributed by atoms with Gasteiger partial charge < -0.3 is 11.1 Å². The third-order valence-corrected chi connectivity index (χ3v) is 2.50. The molecule has 6 nitrogen and oxygen atoms in total. The van der Waals surface area contributed by atoms with Crippen LogP contribution in [0.3, 0.4) is 0 Å². The molecule has 0 aliphatic rings. The Labute approximate surface area is 99.2 Å². The van der Waals surface area contributed by atoms with Crippen LogP contribution in [0, 0.1) is 21.4 Å². The molecule has 2 unspecified atom stereocenters. The molecule has 0 amide bonds. The molecule has 0 spiro atoms. The van der Waals surface area contributed by atoms with Gasteiger partial charge in [0.15, 0.2) is 0 Å². The lowest BCUT2D eigenvalue weighted by Crippen LogP contribution is -2.35. The minimum Gasteiger partial charge on any atom is -0.375 e. The van der Waals surface area contributed by atoms with Gasteiger partial charge in [-0.1, -0.05) is 0 Å². The van der Waals surface area contributed by atoms with Crippen LogP contribution in [0.2, 0.25) is 0 Å². The van der Waals surface area contributed by atoms with Crippen molar-refractivity contribution in [2.45, 2.75) is 25.9 Å². The SMILES string of the molecule is CC(N)C(C)Nc1ccc(C#N)cc1[N+](=O)[O-]. The second-order valence-corrected chi connectivity index (χ2v) is 3.89. The van der Waals surface area contributed by atoms with Crippen molar-refractivity contribution < 1.29 is 4.92 Å². The summed E-state index contributed by atoms with van der Waals surface area (Å²) in [6, 6.07) is 5.94. The average Bonchev–Trinajstić information content (AvgIpc) is 2.29. The highest BCUT2D eigenvalue weighted by atomic mass is 16.6. The van der Waals surface area contributed by atoms with Crippen molar-refractivity contribution in [3.63, 3.8) is 0 Å². The predicted octanol–water partition coefficient (Wildman–Crippen LogP) is 1.61. The first kappa shape index (κ1) is 12.9. The van der Waals surface area contributed by atoms with Crippen LogP contribution in [0.5, 0.6) is 0 Å². The van der Waals surface area contributed by atoms with Gasteiger partial charge in [-0.05, 0) is 26.0 Å². The van der Waals surface area contributed by atoms with Gasteiger partial charge in [-0.15, -0.1) is 0 Å². The predicted molar refractivity (Wildman–Crippen MR) is 64.5 cm³/mol. The van der Waals surface area contributed by atoms with Gasteiger partial charge in [0.2, 0.25) is 0 Å². The van der Waals surface area contributed by atoms with E-state index in [9.17, 15) is 10.1 Å². The summed E-state index contributed by atoms with van der Waals surface area (Å²) in [7, 11) is 0. The molecule has 0 saturated heterocycles. The number of hydrogen-bond acceptors (Lipinski definition) is 5. The molecule has 1 aromatic carbocycles. The van der Waals surface area contributed by atoms with Crippen LogP contribution in [0.15, 0.2) is 18.2 Å². The normalized spacial score (nSPS) is 13.5. The van der Waals surface area contributed by atoms with Crippen LogP contribution in [0.1, 0.15) is 19.4 Å². The lowest BCUT2D eigenvalue weighted by molar-refractivity contribution is -0.384. The summed E-state index contributed by atoms with van der Waals surface area (Å²) >= 11 is 0. The third kappa shape index (κ3) is 3.16. The van der Waals surface area contributed by atoms with Crippen molar-refractivity contribution in [1.82, 2.24) is 0 Å². The highest BCUT2D eigenvalue weighted by molar-refractivity contribution is 5.64. The van der Waals surface area contributed by atoms with Gasteiger partial charge in [-0.25, -0.2) is 0 Å². The number of nitro groups is 1. The molecule has 0 fully saturated rings. The Morgan fingerprint density at radius 2 is 2.18 bits per heavy atom. The van der Waals surface area contributed by atoms with E-state index in [1.165, 1.54) is 18.2 Å². The van der Waals surface area contributed by atoms with Crippen molar-refractivity contribution in [3.05, 3.63) is 33.9 Å². The van der Waals surface area contributed by atoms with Crippen LogP contribution in [0.25, 0.3) is 0 Å². The van der Waals surface area contributed by atoms with Crippen molar-refractivity contribution >= 4 is 11.4 Å². The number of nitrogens with one attached hydrogen (secondary N) is 1. The number of nitrogens with two attached hydrogens (primary N) is 1. The van der Waals surface area contributed by atoms with Crippen molar-refractivity contribution in [2.24, 2.45) is 5.73 Å². The fourth-order valence-corrected chi connectivity index (χ4v) is 1.25. The maximum Gasteiger partial charge on any atom is 0.293 e. The summed E-state index contributed by atoms with van der Waals surface area (Å²) < 4.78 is 0. The first-order chi connectivity index (χ1) is 7.95. The molecule has 0 saturated carbocycles. The second-order valence-electron chi connectivity index (χ2n) is 3.89. The van der Waals surface area contributed by atoms with E-state index in [0.29, 0.717) is 5.69 Å². The molecule has 17 heavy (non-hydrogen) atoms. The lowest BCUT2D eigenvalue weighted by atomic mass is 10.1. The Hall–Kier alpha value is -2.13. The first-order valence-electron chi connectivity index (χ1n) is 5.16. The number of benzene rings is 1. The van der Waals surface area contributed by atoms with E-state index in [4.69, 9.17) is 11.0 Å². The molecule has 1 aromatic rings. The fraction of sp³-hybridized carbons (Fsp3) is 0.364. The lowest BCUT2D eigenvalue weighted by Gasteiger charge is -2.18. The molecule has 2 atom stereocenters. The van der Waals surface area contributed by atoms with Crippen LogP contribution in [-0.2, 0) is 0 Å². The minimum absolute atomic E-state index is 0.0957. The monoisotopic (exact) mass is 234 g/mol. The van der Waals surface area contributed by atoms with E-state index < -0.39 is 4.92 Å². The number of hydrogen-bond donors (Lipinski definition) is 2. The highest BCUT2D eigenvalue weighted by Gasteiger charge is 2.17. The zero-order valence-electron chi connectivity index (χ0n) is 9.68. The number of nitrogens with zero attached hydrogens (tertiary/aromatic N) is 2. The average molecular weight is 234 g/mol. The summed E-state index contributed by atoms with van der Waals surface area (Å²) in [5, 5.41) is 22.5. The quantitative estimate of drug-likeness (QED) is 0.608. The maximum atomic E-state index is 10.9. The van der Waals surface area contributed by atoms with Gasteiger partial charge in [0.25, 0.3) is 5.69 Å². The van der Waals surface area contributed by atoms with Crippen molar-refractivity contribution in [1.29, 1.82) is 5.26 Å². The fourth-order valence-electron chi connectivity index (χ4n) is 1.25. The molecule has 0 aliphatic carbocycles. The Bertz CT molecular complexity index is 465. The van der Waals surface area contributed by atoms with Gasteiger partial charge in [0.1, 0.15) is 5.69 Å². The minimum atomic E-state index is -0.517. The molecule has 0 aromatic heterocycles. The summed E-state index contributed by atoms with van der Waals surface area (Å²) in [6.07, 6.45) is 0. The molecule has 0 bridgehead atoms. The summed E-state index contributed by atoms with van der Waals surface area (Å²) in [5.41, 5.74) is 6.20. The van der Waals surface area contributed by atoms with Gasteiger partial charge in [0.05, 0.1) is 16.6 Å². The molecule has 0 heterocycles. The van der Waals surface area contributed by atoms with Crippen LogP contribution < -0.4 is 11.1 Å². The summed E-state index contributed by atoms with van der Waals surface area (Å²) in [5.74, 6) is 0. The maximum absolute atomic E-state index is 10.9. The van der Waals surface area contributed by atoms with Crippen molar-refractivity contribution in [3.8, 4) is 6.07 Å². The smallest absolute Gasteiger partial charge is 0.293 e. The van der Waals surface area contributed by atoms with Crippen LogP contribution in [0.4, 0.5) is 11.4 Å². The molecule has 1 rings (SSSR count). The molecule has 0 aliphatic heterocycles. The van der Waals surface area contributed by atoms with Crippen molar-refractivity contribution in [2.75, 3.05) is 5.32 Å². The first-order valence-corrected chi connectivity index (χ1v) is 5.16. The topological polar surface area (TPSA) is 105 Å². The highest BCUT2D eigenvalue weighted by Crippen LogP contribution is 2.26. The van der Waals surface area contributed by atoms with E-state index in [-0.39, 0.29) is 23.3 Å². The van der Waals surface area contributed by atoms with Gasteiger partial charge in [0, 0.05) is 18.2 Å². The molecule has 0 radical (unpaired) electrons. The van der Waals surface area contributed by atoms with Gasteiger partial charge in [-0.2, -0.15) is 5.26 Å². The van der Waals surface area contributed by atoms with Crippen LogP contribution in [-0.4, -0.2) is 17.0 Å². The van der Waals surface area contributed by atoms with E-state index >= 15 is 0 Å². The second kappa shape index (κ2) is 5.27. The molecule has 90 valence electrons. The Kier molecular flexibility index (Phi) is 4.01. The Morgan fingerprint density at radius 3 is 2.65 bits per heavy atom. The molecule has 6 heteroatoms. The largest absolute Gasteiger partial charge is 0.375 e. The molecular weight excluding hydrogens is 220 g/mol. The summed E-state index contributed by atoms with van der Waals surface area (Å²) in [4.78, 5) is 10.3. The summed E-state index contributed by atoms with van der Waals surface area (Å²) in [6.45, 7) is 3.65. The van der Waals surface area contributed by atoms with E-state index in [1.807, 2.05) is 19.9 Å². The van der Waals surface area contributed by atoms with Gasteiger partial charge >= 0.3 is 0 Å². The van der Waals surface area contributed by atoms with E-state index in [2.05, 4.69) is 5.32 Å². The van der Waals surface area contributed by atoms with E-state index in [1.54, 1.807) is 0 Å². The number of nitro benzene ring substituents is 1.